The number of nitrogens with zero attached hydrogens (tertiary/aromatic N) is 2. The molecular formula is C16H16N2OS. The number of aryl methyl sites for hydroxylation is 4. The molecule has 0 bridgehead atoms. The Kier molecular flexibility index (Phi) is 3.18. The number of benzene rings is 1. The minimum atomic E-state index is 0.839. The highest BCUT2D eigenvalue weighted by molar-refractivity contribution is 7.19. The Morgan fingerprint density at radius 2 is 1.80 bits per heavy atom. The molecule has 2 aromatic heterocycles. The molecule has 0 atom stereocenters. The lowest BCUT2D eigenvalue weighted by Gasteiger charge is -1.96. The number of thiazole rings is 1. The van der Waals surface area contributed by atoms with Gasteiger partial charge in [-0.25, -0.2) is 4.98 Å². The molecule has 1 aromatic carbocycles. The van der Waals surface area contributed by atoms with Gasteiger partial charge in [0, 0.05) is 5.56 Å². The molecule has 3 aromatic rings. The van der Waals surface area contributed by atoms with Crippen LogP contribution >= 0.6 is 11.3 Å². The summed E-state index contributed by atoms with van der Waals surface area (Å²) in [6.07, 6.45) is 4.06. The average molecular weight is 284 g/mol. The second kappa shape index (κ2) is 4.87. The van der Waals surface area contributed by atoms with Crippen LogP contribution in [-0.4, -0.2) is 10.1 Å². The Bertz CT molecular complexity index is 753. The summed E-state index contributed by atoms with van der Waals surface area (Å²) >= 11 is 1.70. The summed E-state index contributed by atoms with van der Waals surface area (Å²) in [4.78, 5) is 4.65. The van der Waals surface area contributed by atoms with Crippen LogP contribution in [0.1, 0.15) is 33.2 Å². The van der Waals surface area contributed by atoms with Crippen LogP contribution in [0.25, 0.3) is 22.4 Å². The van der Waals surface area contributed by atoms with Crippen LogP contribution in [0.15, 0.2) is 16.7 Å². The molecule has 4 heteroatoms. The van der Waals surface area contributed by atoms with Crippen LogP contribution in [0.2, 0.25) is 0 Å². The van der Waals surface area contributed by atoms with Gasteiger partial charge in [0.15, 0.2) is 0 Å². The zero-order valence-electron chi connectivity index (χ0n) is 12.0. The van der Waals surface area contributed by atoms with Gasteiger partial charge in [-0.3, -0.25) is 0 Å². The minimum Gasteiger partial charge on any atom is -0.361 e. The van der Waals surface area contributed by atoms with Crippen molar-refractivity contribution in [1.82, 2.24) is 10.1 Å². The Morgan fingerprint density at radius 1 is 1.05 bits per heavy atom. The molecule has 0 saturated carbocycles. The molecule has 20 heavy (non-hydrogen) atoms. The zero-order chi connectivity index (χ0) is 14.3. The predicted octanol–water partition coefficient (Wildman–Crippen LogP) is 4.69. The first-order valence-electron chi connectivity index (χ1n) is 6.53. The van der Waals surface area contributed by atoms with Gasteiger partial charge in [-0.15, -0.1) is 11.3 Å². The fourth-order valence-corrected chi connectivity index (χ4v) is 3.10. The standard InChI is InChI=1S/C16H16N2OS/c1-9-7-14-15(8-10(9)2)20-16(17-14)6-5-13-11(3)18-19-12(13)4/h5-8H,1-4H3/b6-5+. The number of fused-ring (bicyclic) bond motifs is 1. The van der Waals surface area contributed by atoms with Gasteiger partial charge in [-0.2, -0.15) is 0 Å². The Morgan fingerprint density at radius 3 is 2.50 bits per heavy atom. The van der Waals surface area contributed by atoms with Crippen molar-refractivity contribution in [1.29, 1.82) is 0 Å². The summed E-state index contributed by atoms with van der Waals surface area (Å²) in [7, 11) is 0. The van der Waals surface area contributed by atoms with Gasteiger partial charge in [0.05, 0.1) is 15.9 Å². The maximum Gasteiger partial charge on any atom is 0.141 e. The van der Waals surface area contributed by atoms with Crippen molar-refractivity contribution in [3.05, 3.63) is 45.3 Å². The summed E-state index contributed by atoms with van der Waals surface area (Å²) in [5.74, 6) is 0.839. The van der Waals surface area contributed by atoms with E-state index >= 15 is 0 Å². The lowest BCUT2D eigenvalue weighted by molar-refractivity contribution is 0.393. The van der Waals surface area contributed by atoms with Crippen molar-refractivity contribution in [2.75, 3.05) is 0 Å². The number of aromatic nitrogens is 2. The van der Waals surface area contributed by atoms with Gasteiger partial charge in [-0.1, -0.05) is 5.16 Å². The van der Waals surface area contributed by atoms with Crippen LogP contribution in [0.5, 0.6) is 0 Å². The van der Waals surface area contributed by atoms with Gasteiger partial charge in [-0.05, 0) is 63.1 Å². The lowest BCUT2D eigenvalue weighted by atomic mass is 10.1. The number of hydrogen-bond acceptors (Lipinski definition) is 4. The fraction of sp³-hybridized carbons (Fsp3) is 0.250. The number of hydrogen-bond donors (Lipinski definition) is 0. The van der Waals surface area contributed by atoms with Crippen LogP contribution < -0.4 is 0 Å². The summed E-state index contributed by atoms with van der Waals surface area (Å²) < 4.78 is 6.38. The second-order valence-electron chi connectivity index (χ2n) is 5.03. The summed E-state index contributed by atoms with van der Waals surface area (Å²) in [5, 5.41) is 4.96. The van der Waals surface area contributed by atoms with E-state index in [4.69, 9.17) is 4.52 Å². The van der Waals surface area contributed by atoms with E-state index in [-0.39, 0.29) is 0 Å². The van der Waals surface area contributed by atoms with Crippen molar-refractivity contribution in [2.24, 2.45) is 0 Å². The SMILES string of the molecule is Cc1cc2nc(/C=C/c3c(C)noc3C)sc2cc1C. The predicted molar refractivity (Wildman–Crippen MR) is 84.0 cm³/mol. The largest absolute Gasteiger partial charge is 0.361 e. The van der Waals surface area contributed by atoms with Crippen LogP contribution in [0, 0.1) is 27.7 Å². The smallest absolute Gasteiger partial charge is 0.141 e. The van der Waals surface area contributed by atoms with Gasteiger partial charge in [0.25, 0.3) is 0 Å². The molecule has 2 heterocycles. The molecule has 0 aliphatic rings. The first-order chi connectivity index (χ1) is 9.54. The highest BCUT2D eigenvalue weighted by Crippen LogP contribution is 2.27. The summed E-state index contributed by atoms with van der Waals surface area (Å²) in [5.41, 5.74) is 5.60. The molecule has 0 spiro atoms. The van der Waals surface area contributed by atoms with Gasteiger partial charge < -0.3 is 4.52 Å². The van der Waals surface area contributed by atoms with Crippen LogP contribution in [-0.2, 0) is 0 Å². The maximum atomic E-state index is 5.16. The second-order valence-corrected chi connectivity index (χ2v) is 6.09. The van der Waals surface area contributed by atoms with E-state index in [9.17, 15) is 0 Å². The summed E-state index contributed by atoms with van der Waals surface area (Å²) in [6, 6.07) is 4.35. The molecule has 0 unspecified atom stereocenters. The van der Waals surface area contributed by atoms with Gasteiger partial charge in [0.2, 0.25) is 0 Å². The topological polar surface area (TPSA) is 38.9 Å². The fourth-order valence-electron chi connectivity index (χ4n) is 2.15. The minimum absolute atomic E-state index is 0.839. The van der Waals surface area contributed by atoms with Crippen molar-refractivity contribution < 1.29 is 4.52 Å². The Hall–Kier alpha value is -1.94. The van der Waals surface area contributed by atoms with E-state index in [0.29, 0.717) is 0 Å². The van der Waals surface area contributed by atoms with Crippen molar-refractivity contribution >= 4 is 33.7 Å². The van der Waals surface area contributed by atoms with E-state index in [1.165, 1.54) is 15.8 Å². The normalized spacial score (nSPS) is 11.8. The molecule has 0 aliphatic heterocycles. The first kappa shape index (κ1) is 13.1. The average Bonchev–Trinajstić information content (AvgIpc) is 2.92. The van der Waals surface area contributed by atoms with Crippen molar-refractivity contribution in [3.8, 4) is 0 Å². The van der Waals surface area contributed by atoms with Gasteiger partial charge in [0.1, 0.15) is 10.8 Å². The van der Waals surface area contributed by atoms with Crippen molar-refractivity contribution in [3.63, 3.8) is 0 Å². The number of rotatable bonds is 2. The lowest BCUT2D eigenvalue weighted by Crippen LogP contribution is -1.79. The monoisotopic (exact) mass is 284 g/mol. The molecule has 0 saturated heterocycles. The molecule has 0 fully saturated rings. The third-order valence-corrected chi connectivity index (χ3v) is 4.49. The van der Waals surface area contributed by atoms with E-state index < -0.39 is 0 Å². The van der Waals surface area contributed by atoms with Crippen molar-refractivity contribution in [2.45, 2.75) is 27.7 Å². The molecule has 0 radical (unpaired) electrons. The van der Waals surface area contributed by atoms with E-state index in [1.54, 1.807) is 11.3 Å². The highest BCUT2D eigenvalue weighted by Gasteiger charge is 2.07. The van der Waals surface area contributed by atoms with E-state index in [2.05, 4.69) is 36.1 Å². The molecule has 102 valence electrons. The zero-order valence-corrected chi connectivity index (χ0v) is 12.8. The Labute approximate surface area is 121 Å². The van der Waals surface area contributed by atoms with E-state index in [0.717, 1.165) is 27.5 Å². The molecule has 0 N–H and O–H groups in total. The third-order valence-electron chi connectivity index (χ3n) is 3.50. The summed E-state index contributed by atoms with van der Waals surface area (Å²) in [6.45, 7) is 8.12. The van der Waals surface area contributed by atoms with Gasteiger partial charge >= 0.3 is 0 Å². The van der Waals surface area contributed by atoms with E-state index in [1.807, 2.05) is 26.0 Å². The van der Waals surface area contributed by atoms with Crippen LogP contribution in [0.3, 0.4) is 0 Å². The Balaban J connectivity index is 1.99. The molecule has 0 amide bonds. The van der Waals surface area contributed by atoms with Crippen LogP contribution in [0.4, 0.5) is 0 Å². The molecule has 3 nitrogen and oxygen atoms in total. The first-order valence-corrected chi connectivity index (χ1v) is 7.35. The molecule has 3 rings (SSSR count). The highest BCUT2D eigenvalue weighted by atomic mass is 32.1. The quantitative estimate of drug-likeness (QED) is 0.685. The third kappa shape index (κ3) is 2.27. The maximum absolute atomic E-state index is 5.16. The molecular weight excluding hydrogens is 268 g/mol. The molecule has 0 aliphatic carbocycles.